The van der Waals surface area contributed by atoms with Crippen LogP contribution in [0.5, 0.6) is 5.88 Å². The van der Waals surface area contributed by atoms with Crippen LogP contribution in [0, 0.1) is 11.6 Å². The van der Waals surface area contributed by atoms with Crippen LogP contribution in [0.3, 0.4) is 0 Å². The van der Waals surface area contributed by atoms with Crippen molar-refractivity contribution in [1.82, 2.24) is 24.3 Å². The lowest BCUT2D eigenvalue weighted by Crippen LogP contribution is -2.27. The summed E-state index contributed by atoms with van der Waals surface area (Å²) in [6.07, 6.45) is -7.71. The van der Waals surface area contributed by atoms with Gasteiger partial charge in [0.25, 0.3) is 12.3 Å². The van der Waals surface area contributed by atoms with E-state index in [1.807, 2.05) is 5.32 Å². The van der Waals surface area contributed by atoms with Crippen molar-refractivity contribution < 1.29 is 45.4 Å². The summed E-state index contributed by atoms with van der Waals surface area (Å²) in [7, 11) is 0. The number of halogens is 7. The number of pyridine rings is 2. The van der Waals surface area contributed by atoms with Crippen molar-refractivity contribution in [3.05, 3.63) is 57.5 Å². The van der Waals surface area contributed by atoms with E-state index < -0.39 is 77.7 Å². The molecule has 1 amide bonds. The van der Waals surface area contributed by atoms with Gasteiger partial charge in [0.1, 0.15) is 17.9 Å². The Bertz CT molecular complexity index is 1340. The largest absolute Gasteiger partial charge is 0.467 e. The average Bonchev–Trinajstić information content (AvgIpc) is 3.13. The monoisotopic (exact) mass is 524 g/mol. The van der Waals surface area contributed by atoms with Crippen molar-refractivity contribution in [2.45, 2.75) is 32.7 Å². The summed E-state index contributed by atoms with van der Waals surface area (Å²) in [5, 5.41) is 14.8. The smallest absolute Gasteiger partial charge is 0.422 e. The van der Waals surface area contributed by atoms with Crippen LogP contribution >= 0.6 is 0 Å². The van der Waals surface area contributed by atoms with Crippen LogP contribution in [0.1, 0.15) is 35.2 Å². The van der Waals surface area contributed by atoms with Crippen LogP contribution in [0.2, 0.25) is 0 Å². The molecule has 3 aromatic rings. The van der Waals surface area contributed by atoms with E-state index in [0.29, 0.717) is 23.0 Å². The van der Waals surface area contributed by atoms with Gasteiger partial charge in [0.15, 0.2) is 29.9 Å². The van der Waals surface area contributed by atoms with Gasteiger partial charge in [0.05, 0.1) is 11.9 Å². The van der Waals surface area contributed by atoms with Gasteiger partial charge in [-0.1, -0.05) is 0 Å². The van der Waals surface area contributed by atoms with Crippen molar-refractivity contribution in [2.24, 2.45) is 0 Å². The molecule has 0 radical (unpaired) electrons. The Balaban J connectivity index is 2.10. The van der Waals surface area contributed by atoms with E-state index in [9.17, 15) is 45.4 Å². The zero-order valence-corrected chi connectivity index (χ0v) is 18.0. The van der Waals surface area contributed by atoms with Gasteiger partial charge in [0, 0.05) is 6.54 Å². The summed E-state index contributed by atoms with van der Waals surface area (Å²) < 4.78 is 98.6. The van der Waals surface area contributed by atoms with Crippen LogP contribution in [-0.4, -0.2) is 48.1 Å². The summed E-state index contributed by atoms with van der Waals surface area (Å²) in [4.78, 5) is 31.7. The maximum Gasteiger partial charge on any atom is 0.422 e. The first kappa shape index (κ1) is 26.6. The second-order valence-electron chi connectivity index (χ2n) is 6.91. The Labute approximate surface area is 196 Å². The standard InChI is InChI=1S/C19H15F7N6O4/c1-2-31-13(6-33)30-32(18(31)35)15-9(20)3-8(17(29-15)36-7-19(24,25)26)16(34)28-11-4-12(14(22)23)27-5-10(11)21/h3-5,14,33H,2,6-7H2,1H3,(H,27,28,34). The minimum Gasteiger partial charge on any atom is -0.467 e. The molecule has 0 atom stereocenters. The fourth-order valence-corrected chi connectivity index (χ4v) is 2.90. The number of aliphatic hydroxyl groups excluding tert-OH is 1. The number of aliphatic hydroxyl groups is 1. The zero-order chi connectivity index (χ0) is 26.8. The normalized spacial score (nSPS) is 11.7. The Hall–Kier alpha value is -4.02. The third-order valence-corrected chi connectivity index (χ3v) is 4.49. The molecule has 36 heavy (non-hydrogen) atoms. The molecule has 3 heterocycles. The van der Waals surface area contributed by atoms with Crippen molar-refractivity contribution in [2.75, 3.05) is 11.9 Å². The minimum absolute atomic E-state index is 0.00757. The lowest BCUT2D eigenvalue weighted by atomic mass is 10.2. The number of hydrogen-bond donors (Lipinski definition) is 2. The van der Waals surface area contributed by atoms with Gasteiger partial charge in [-0.2, -0.15) is 22.8 Å². The first-order chi connectivity index (χ1) is 16.9. The van der Waals surface area contributed by atoms with Crippen LogP contribution in [0.4, 0.5) is 36.4 Å². The SMILES string of the molecule is CCn1c(CO)nn(-c2nc(OCC(F)(F)F)c(C(=O)Nc3cc(C(F)F)ncc3F)cc2F)c1=O. The van der Waals surface area contributed by atoms with Crippen LogP contribution in [-0.2, 0) is 13.2 Å². The Morgan fingerprint density at radius 1 is 1.22 bits per heavy atom. The van der Waals surface area contributed by atoms with Crippen molar-refractivity contribution in [3.63, 3.8) is 0 Å². The van der Waals surface area contributed by atoms with Crippen LogP contribution < -0.4 is 15.7 Å². The fourth-order valence-electron chi connectivity index (χ4n) is 2.90. The summed E-state index contributed by atoms with van der Waals surface area (Å²) >= 11 is 0. The molecule has 0 saturated heterocycles. The van der Waals surface area contributed by atoms with E-state index in [2.05, 4.69) is 19.8 Å². The number of amides is 1. The molecular weight excluding hydrogens is 509 g/mol. The number of ether oxygens (including phenoxy) is 1. The Morgan fingerprint density at radius 2 is 1.92 bits per heavy atom. The number of carbonyl (C=O) groups excluding carboxylic acids is 1. The molecule has 0 fully saturated rings. The summed E-state index contributed by atoms with van der Waals surface area (Å²) in [5.41, 5.74) is -3.75. The Morgan fingerprint density at radius 3 is 2.47 bits per heavy atom. The van der Waals surface area contributed by atoms with E-state index in [-0.39, 0.29) is 12.4 Å². The third-order valence-electron chi connectivity index (χ3n) is 4.49. The van der Waals surface area contributed by atoms with Gasteiger partial charge in [0.2, 0.25) is 5.88 Å². The summed E-state index contributed by atoms with van der Waals surface area (Å²) in [6.45, 7) is -1.25. The number of aromatic nitrogens is 5. The molecule has 3 rings (SSSR count). The first-order valence-corrected chi connectivity index (χ1v) is 9.81. The zero-order valence-electron chi connectivity index (χ0n) is 18.0. The predicted octanol–water partition coefficient (Wildman–Crippen LogP) is 2.75. The first-order valence-electron chi connectivity index (χ1n) is 9.81. The van der Waals surface area contributed by atoms with Gasteiger partial charge < -0.3 is 15.2 Å². The molecule has 0 aliphatic heterocycles. The van der Waals surface area contributed by atoms with Crippen molar-refractivity contribution >= 4 is 11.6 Å². The molecule has 3 aromatic heterocycles. The van der Waals surface area contributed by atoms with Gasteiger partial charge in [-0.3, -0.25) is 14.3 Å². The van der Waals surface area contributed by atoms with Gasteiger partial charge >= 0.3 is 11.9 Å². The highest BCUT2D eigenvalue weighted by atomic mass is 19.4. The second kappa shape index (κ2) is 10.3. The highest BCUT2D eigenvalue weighted by molar-refractivity contribution is 6.06. The van der Waals surface area contributed by atoms with Crippen molar-refractivity contribution in [3.8, 4) is 11.7 Å². The molecule has 0 aliphatic carbocycles. The number of nitrogens with one attached hydrogen (secondary N) is 1. The molecule has 0 aliphatic rings. The van der Waals surface area contributed by atoms with Gasteiger partial charge in [-0.25, -0.2) is 22.4 Å². The molecule has 0 bridgehead atoms. The topological polar surface area (TPSA) is 124 Å². The number of carbonyl (C=O) groups is 1. The third kappa shape index (κ3) is 5.61. The van der Waals surface area contributed by atoms with Gasteiger partial charge in [-0.05, 0) is 19.1 Å². The predicted molar refractivity (Wildman–Crippen MR) is 106 cm³/mol. The molecule has 17 heteroatoms. The summed E-state index contributed by atoms with van der Waals surface area (Å²) in [5.74, 6) is -6.50. The fraction of sp³-hybridized carbons (Fsp3) is 0.316. The number of anilines is 1. The minimum atomic E-state index is -4.93. The van der Waals surface area contributed by atoms with E-state index in [1.54, 1.807) is 0 Å². The molecule has 10 nitrogen and oxygen atoms in total. The molecule has 0 spiro atoms. The second-order valence-corrected chi connectivity index (χ2v) is 6.91. The average molecular weight is 524 g/mol. The highest BCUT2D eigenvalue weighted by Gasteiger charge is 2.31. The molecule has 2 N–H and O–H groups in total. The molecule has 0 aromatic carbocycles. The molecule has 0 unspecified atom stereocenters. The van der Waals surface area contributed by atoms with Gasteiger partial charge in [-0.15, -0.1) is 5.10 Å². The van der Waals surface area contributed by atoms with E-state index >= 15 is 0 Å². The number of rotatable bonds is 8. The maximum atomic E-state index is 14.9. The van der Waals surface area contributed by atoms with Crippen LogP contribution in [0.25, 0.3) is 5.82 Å². The summed E-state index contributed by atoms with van der Waals surface area (Å²) in [6, 6.07) is 0.812. The highest BCUT2D eigenvalue weighted by Crippen LogP contribution is 2.27. The molecule has 0 saturated carbocycles. The Kier molecular flexibility index (Phi) is 7.61. The molecular formula is C19H15F7N6O4. The number of nitrogens with zero attached hydrogens (tertiary/aromatic N) is 5. The molecule has 194 valence electrons. The quantitative estimate of drug-likeness (QED) is 0.435. The maximum absolute atomic E-state index is 14.9. The van der Waals surface area contributed by atoms with E-state index in [1.165, 1.54) is 6.92 Å². The van der Waals surface area contributed by atoms with Crippen LogP contribution in [0.15, 0.2) is 23.1 Å². The lowest BCUT2D eigenvalue weighted by Gasteiger charge is -2.14. The number of hydrogen-bond acceptors (Lipinski definition) is 7. The lowest BCUT2D eigenvalue weighted by molar-refractivity contribution is -0.154. The van der Waals surface area contributed by atoms with E-state index in [0.717, 1.165) is 4.57 Å². The van der Waals surface area contributed by atoms with E-state index in [4.69, 9.17) is 0 Å². The number of alkyl halides is 5. The van der Waals surface area contributed by atoms with Crippen molar-refractivity contribution in [1.29, 1.82) is 0 Å².